The Hall–Kier alpha value is -1.62. The molecule has 1 aromatic heterocycles. The van der Waals surface area contributed by atoms with E-state index < -0.39 is 11.7 Å². The number of Topliss-reactive ketones (excluding diaryl/α,β-unsaturated/α-hetero) is 1. The number of hydrogen-bond donors (Lipinski definition) is 1. The molecule has 2 rings (SSSR count). The fourth-order valence-electron chi connectivity index (χ4n) is 1.61. The van der Waals surface area contributed by atoms with Gasteiger partial charge in [0.15, 0.2) is 5.76 Å². The third kappa shape index (κ3) is 2.49. The highest BCUT2D eigenvalue weighted by molar-refractivity contribution is 6.42. The molecule has 0 aliphatic carbocycles. The lowest BCUT2D eigenvalue weighted by Gasteiger charge is -2.09. The Labute approximate surface area is 92.8 Å². The van der Waals surface area contributed by atoms with Crippen molar-refractivity contribution in [3.05, 3.63) is 24.2 Å². The minimum Gasteiger partial charge on any atom is -0.461 e. The van der Waals surface area contributed by atoms with Crippen molar-refractivity contribution in [1.29, 1.82) is 0 Å². The fraction of sp³-hybridized carbons (Fsp3) is 0.455. The summed E-state index contributed by atoms with van der Waals surface area (Å²) in [6, 6.07) is 3.04. The van der Waals surface area contributed by atoms with Gasteiger partial charge in [-0.15, -0.1) is 0 Å². The molecule has 0 unspecified atom stereocenters. The molecule has 1 aliphatic heterocycles. The van der Waals surface area contributed by atoms with Gasteiger partial charge in [0, 0.05) is 13.2 Å². The number of furan rings is 1. The molecule has 1 N–H and O–H groups in total. The van der Waals surface area contributed by atoms with E-state index >= 15 is 0 Å². The molecule has 1 atom stereocenters. The Morgan fingerprint density at radius 2 is 2.38 bits per heavy atom. The summed E-state index contributed by atoms with van der Waals surface area (Å²) in [5.41, 5.74) is 0. The first-order valence-electron chi connectivity index (χ1n) is 5.25. The minimum atomic E-state index is -0.650. The van der Waals surface area contributed by atoms with E-state index in [0.29, 0.717) is 6.54 Å². The van der Waals surface area contributed by atoms with Gasteiger partial charge in [0.25, 0.3) is 11.7 Å². The smallest absolute Gasteiger partial charge is 0.295 e. The van der Waals surface area contributed by atoms with Crippen LogP contribution in [0.25, 0.3) is 0 Å². The van der Waals surface area contributed by atoms with Crippen molar-refractivity contribution < 1.29 is 18.7 Å². The Balaban J connectivity index is 1.81. The first-order valence-corrected chi connectivity index (χ1v) is 5.25. The molecule has 0 saturated carbocycles. The van der Waals surface area contributed by atoms with Gasteiger partial charge in [-0.05, 0) is 25.0 Å². The number of carbonyl (C=O) groups excluding carboxylic acids is 2. The van der Waals surface area contributed by atoms with E-state index in [1.165, 1.54) is 12.3 Å². The van der Waals surface area contributed by atoms with Gasteiger partial charge in [0.1, 0.15) is 0 Å². The van der Waals surface area contributed by atoms with E-state index in [2.05, 4.69) is 5.32 Å². The zero-order valence-corrected chi connectivity index (χ0v) is 8.77. The van der Waals surface area contributed by atoms with Crippen LogP contribution in [0.4, 0.5) is 0 Å². The molecular weight excluding hydrogens is 210 g/mol. The van der Waals surface area contributed by atoms with Crippen LogP contribution in [0.2, 0.25) is 0 Å². The van der Waals surface area contributed by atoms with Crippen molar-refractivity contribution in [1.82, 2.24) is 5.32 Å². The molecule has 2 heterocycles. The zero-order chi connectivity index (χ0) is 11.4. The van der Waals surface area contributed by atoms with Crippen LogP contribution in [0.5, 0.6) is 0 Å². The third-order valence-corrected chi connectivity index (χ3v) is 2.47. The third-order valence-electron chi connectivity index (χ3n) is 2.47. The maximum atomic E-state index is 11.5. The summed E-state index contributed by atoms with van der Waals surface area (Å²) in [5, 5.41) is 2.54. The summed E-state index contributed by atoms with van der Waals surface area (Å²) in [4.78, 5) is 22.9. The number of hydrogen-bond acceptors (Lipinski definition) is 4. The van der Waals surface area contributed by atoms with E-state index in [9.17, 15) is 9.59 Å². The molecule has 0 aromatic carbocycles. The molecule has 0 bridgehead atoms. The monoisotopic (exact) mass is 223 g/mol. The summed E-state index contributed by atoms with van der Waals surface area (Å²) in [7, 11) is 0. The zero-order valence-electron chi connectivity index (χ0n) is 8.77. The summed E-state index contributed by atoms with van der Waals surface area (Å²) in [6.45, 7) is 1.11. The van der Waals surface area contributed by atoms with Gasteiger partial charge in [0.2, 0.25) is 0 Å². The molecule has 1 aromatic rings. The van der Waals surface area contributed by atoms with Gasteiger partial charge in [-0.2, -0.15) is 0 Å². The Bertz CT molecular complexity index is 365. The maximum Gasteiger partial charge on any atom is 0.295 e. The standard InChI is InChI=1S/C11H13NO4/c13-10(9-4-2-6-16-9)11(14)12-7-8-3-1-5-15-8/h2,4,6,8H,1,3,5,7H2,(H,12,14)/t8-/m1/s1. The average molecular weight is 223 g/mol. The van der Waals surface area contributed by atoms with Crippen LogP contribution in [-0.4, -0.2) is 30.9 Å². The lowest BCUT2D eigenvalue weighted by atomic mass is 10.2. The highest BCUT2D eigenvalue weighted by Gasteiger charge is 2.21. The van der Waals surface area contributed by atoms with E-state index in [0.717, 1.165) is 19.4 Å². The van der Waals surface area contributed by atoms with Crippen molar-refractivity contribution in [2.24, 2.45) is 0 Å². The first-order chi connectivity index (χ1) is 7.77. The number of ether oxygens (including phenoxy) is 1. The van der Waals surface area contributed by atoms with Crippen molar-refractivity contribution in [2.75, 3.05) is 13.2 Å². The Morgan fingerprint density at radius 3 is 3.00 bits per heavy atom. The molecule has 5 nitrogen and oxygen atoms in total. The largest absolute Gasteiger partial charge is 0.461 e. The molecule has 1 fully saturated rings. The van der Waals surface area contributed by atoms with Gasteiger partial charge in [-0.1, -0.05) is 0 Å². The predicted molar refractivity (Wildman–Crippen MR) is 55.0 cm³/mol. The van der Waals surface area contributed by atoms with Gasteiger partial charge in [-0.3, -0.25) is 9.59 Å². The topological polar surface area (TPSA) is 68.5 Å². The number of ketones is 1. The lowest BCUT2D eigenvalue weighted by molar-refractivity contribution is -0.117. The molecule has 86 valence electrons. The second-order valence-corrected chi connectivity index (χ2v) is 3.65. The summed E-state index contributed by atoms with van der Waals surface area (Å²) in [5.74, 6) is -1.24. The van der Waals surface area contributed by atoms with Gasteiger partial charge >= 0.3 is 0 Å². The van der Waals surface area contributed by atoms with Gasteiger partial charge in [0.05, 0.1) is 12.4 Å². The first kappa shape index (κ1) is 10.9. The SMILES string of the molecule is O=C(NC[C@H]1CCCO1)C(=O)c1ccco1. The molecular formula is C11H13NO4. The van der Waals surface area contributed by atoms with Crippen LogP contribution >= 0.6 is 0 Å². The maximum absolute atomic E-state index is 11.5. The normalized spacial score (nSPS) is 19.6. The van der Waals surface area contributed by atoms with Crippen LogP contribution in [-0.2, 0) is 9.53 Å². The van der Waals surface area contributed by atoms with Crippen LogP contribution in [0, 0.1) is 0 Å². The van der Waals surface area contributed by atoms with Crippen LogP contribution < -0.4 is 5.32 Å². The number of nitrogens with one attached hydrogen (secondary N) is 1. The fourth-order valence-corrected chi connectivity index (χ4v) is 1.61. The van der Waals surface area contributed by atoms with Crippen LogP contribution in [0.15, 0.2) is 22.8 Å². The van der Waals surface area contributed by atoms with E-state index in [1.807, 2.05) is 0 Å². The highest BCUT2D eigenvalue weighted by Crippen LogP contribution is 2.10. The second-order valence-electron chi connectivity index (χ2n) is 3.65. The molecule has 1 amide bonds. The van der Waals surface area contributed by atoms with Crippen molar-refractivity contribution in [3.8, 4) is 0 Å². The molecule has 1 aliphatic rings. The molecule has 16 heavy (non-hydrogen) atoms. The van der Waals surface area contributed by atoms with Gasteiger partial charge in [-0.25, -0.2) is 0 Å². The van der Waals surface area contributed by atoms with Crippen LogP contribution in [0.3, 0.4) is 0 Å². The Morgan fingerprint density at radius 1 is 1.50 bits per heavy atom. The molecule has 5 heteroatoms. The molecule has 1 saturated heterocycles. The van der Waals surface area contributed by atoms with E-state index in [1.54, 1.807) is 6.07 Å². The predicted octanol–water partition coefficient (Wildman–Crippen LogP) is 0.757. The van der Waals surface area contributed by atoms with Gasteiger partial charge < -0.3 is 14.5 Å². The Kier molecular flexibility index (Phi) is 3.36. The highest BCUT2D eigenvalue weighted by atomic mass is 16.5. The molecule has 0 spiro atoms. The van der Waals surface area contributed by atoms with Crippen LogP contribution in [0.1, 0.15) is 23.4 Å². The number of carbonyl (C=O) groups is 2. The van der Waals surface area contributed by atoms with Crippen molar-refractivity contribution in [3.63, 3.8) is 0 Å². The number of amides is 1. The average Bonchev–Trinajstić information content (AvgIpc) is 2.96. The lowest BCUT2D eigenvalue weighted by Crippen LogP contribution is -2.36. The van der Waals surface area contributed by atoms with E-state index in [-0.39, 0.29) is 11.9 Å². The van der Waals surface area contributed by atoms with Crippen molar-refractivity contribution in [2.45, 2.75) is 18.9 Å². The summed E-state index contributed by atoms with van der Waals surface area (Å²) < 4.78 is 10.2. The summed E-state index contributed by atoms with van der Waals surface area (Å²) in [6.07, 6.45) is 3.33. The minimum absolute atomic E-state index is 0.0355. The summed E-state index contributed by atoms with van der Waals surface area (Å²) >= 11 is 0. The molecule has 0 radical (unpaired) electrons. The number of rotatable bonds is 4. The van der Waals surface area contributed by atoms with Crippen molar-refractivity contribution >= 4 is 11.7 Å². The van der Waals surface area contributed by atoms with E-state index in [4.69, 9.17) is 9.15 Å². The second kappa shape index (κ2) is 4.94. The quantitative estimate of drug-likeness (QED) is 0.604.